The molecule has 0 aliphatic rings. The molecule has 0 aromatic heterocycles. The monoisotopic (exact) mass is 259 g/mol. The zero-order valence-corrected chi connectivity index (χ0v) is 9.80. The highest BCUT2D eigenvalue weighted by Crippen LogP contribution is 2.30. The Morgan fingerprint density at radius 1 is 1.50 bits per heavy atom. The van der Waals surface area contributed by atoms with E-state index in [1.54, 1.807) is 13.1 Å². The molecule has 0 bridgehead atoms. The summed E-state index contributed by atoms with van der Waals surface area (Å²) < 4.78 is 0.900. The summed E-state index contributed by atoms with van der Waals surface area (Å²) in [6, 6.07) is 3.41. The quantitative estimate of drug-likeness (QED) is 0.775. The van der Waals surface area contributed by atoms with Crippen LogP contribution >= 0.6 is 15.9 Å². The van der Waals surface area contributed by atoms with Crippen LogP contribution < -0.4 is 5.32 Å². The Morgan fingerprint density at radius 2 is 2.14 bits per heavy atom. The van der Waals surface area contributed by atoms with Crippen LogP contribution in [0.5, 0.6) is 5.75 Å². The summed E-state index contributed by atoms with van der Waals surface area (Å²) in [6.07, 6.45) is 0. The number of nitrogens with one attached hydrogen (secondary N) is 1. The summed E-state index contributed by atoms with van der Waals surface area (Å²) in [4.78, 5) is 0. The third-order valence-corrected chi connectivity index (χ3v) is 2.66. The maximum atomic E-state index is 9.78. The SMILES string of the molecule is CNC(CO)c1cc(Br)cc(C)c1O. The number of phenolic OH excluding ortho intramolecular Hbond substituents is 1. The molecule has 1 aromatic carbocycles. The van der Waals surface area contributed by atoms with Crippen molar-refractivity contribution in [2.45, 2.75) is 13.0 Å². The number of rotatable bonds is 3. The van der Waals surface area contributed by atoms with E-state index >= 15 is 0 Å². The molecule has 0 saturated heterocycles. The molecule has 0 spiro atoms. The first-order valence-corrected chi connectivity index (χ1v) is 5.16. The third kappa shape index (κ3) is 2.26. The fourth-order valence-corrected chi connectivity index (χ4v) is 1.96. The number of aromatic hydroxyl groups is 1. The van der Waals surface area contributed by atoms with Crippen molar-refractivity contribution in [1.29, 1.82) is 0 Å². The van der Waals surface area contributed by atoms with Crippen molar-refractivity contribution in [2.75, 3.05) is 13.7 Å². The Hall–Kier alpha value is -0.580. The van der Waals surface area contributed by atoms with Crippen molar-refractivity contribution in [1.82, 2.24) is 5.32 Å². The fraction of sp³-hybridized carbons (Fsp3) is 0.400. The van der Waals surface area contributed by atoms with Crippen LogP contribution in [0.4, 0.5) is 0 Å². The highest BCUT2D eigenvalue weighted by molar-refractivity contribution is 9.10. The zero-order valence-electron chi connectivity index (χ0n) is 8.21. The normalized spacial score (nSPS) is 12.9. The van der Waals surface area contributed by atoms with Gasteiger partial charge in [0.15, 0.2) is 0 Å². The molecule has 78 valence electrons. The second-order valence-electron chi connectivity index (χ2n) is 3.18. The van der Waals surface area contributed by atoms with Gasteiger partial charge in [0.2, 0.25) is 0 Å². The number of aliphatic hydroxyl groups is 1. The van der Waals surface area contributed by atoms with Crippen molar-refractivity contribution in [2.24, 2.45) is 0 Å². The Bertz CT molecular complexity index is 324. The lowest BCUT2D eigenvalue weighted by Gasteiger charge is -2.16. The molecule has 0 radical (unpaired) electrons. The number of hydrogen-bond acceptors (Lipinski definition) is 3. The largest absolute Gasteiger partial charge is 0.507 e. The summed E-state index contributed by atoms with van der Waals surface area (Å²) in [5.74, 6) is 0.238. The van der Waals surface area contributed by atoms with Crippen LogP contribution in [0.25, 0.3) is 0 Å². The van der Waals surface area contributed by atoms with Crippen molar-refractivity contribution < 1.29 is 10.2 Å². The van der Waals surface area contributed by atoms with Crippen LogP contribution in [0.1, 0.15) is 17.2 Å². The topological polar surface area (TPSA) is 52.5 Å². The molecule has 14 heavy (non-hydrogen) atoms. The first kappa shape index (κ1) is 11.5. The van der Waals surface area contributed by atoms with E-state index in [2.05, 4.69) is 21.2 Å². The van der Waals surface area contributed by atoms with Gasteiger partial charge in [-0.05, 0) is 31.7 Å². The summed E-state index contributed by atoms with van der Waals surface area (Å²) in [7, 11) is 1.75. The number of hydrogen-bond donors (Lipinski definition) is 3. The van der Waals surface area contributed by atoms with Gasteiger partial charge in [-0.2, -0.15) is 0 Å². The maximum absolute atomic E-state index is 9.78. The van der Waals surface area contributed by atoms with Gasteiger partial charge in [-0.1, -0.05) is 15.9 Å². The summed E-state index contributed by atoms with van der Waals surface area (Å²) >= 11 is 3.35. The van der Waals surface area contributed by atoms with Gasteiger partial charge in [0.05, 0.1) is 12.6 Å². The van der Waals surface area contributed by atoms with E-state index in [0.717, 1.165) is 10.0 Å². The molecule has 1 atom stereocenters. The molecule has 3 N–H and O–H groups in total. The van der Waals surface area contributed by atoms with Crippen molar-refractivity contribution in [3.05, 3.63) is 27.7 Å². The summed E-state index contributed by atoms with van der Waals surface area (Å²) in [6.45, 7) is 1.79. The zero-order chi connectivity index (χ0) is 10.7. The van der Waals surface area contributed by atoms with Crippen LogP contribution in [-0.4, -0.2) is 23.9 Å². The lowest BCUT2D eigenvalue weighted by molar-refractivity contribution is 0.248. The van der Waals surface area contributed by atoms with E-state index in [0.29, 0.717) is 5.56 Å². The van der Waals surface area contributed by atoms with Crippen molar-refractivity contribution in [3.63, 3.8) is 0 Å². The Balaban J connectivity index is 3.18. The number of aryl methyl sites for hydroxylation is 1. The minimum Gasteiger partial charge on any atom is -0.507 e. The standard InChI is InChI=1S/C10H14BrNO2/c1-6-3-7(11)4-8(10(6)14)9(5-13)12-2/h3-4,9,12-14H,5H2,1-2H3. The van der Waals surface area contributed by atoms with Gasteiger partial charge in [0.25, 0.3) is 0 Å². The minimum atomic E-state index is -0.230. The Morgan fingerprint density at radius 3 is 2.64 bits per heavy atom. The van der Waals surface area contributed by atoms with Gasteiger partial charge in [-0.15, -0.1) is 0 Å². The highest BCUT2D eigenvalue weighted by Gasteiger charge is 2.14. The van der Waals surface area contributed by atoms with Crippen LogP contribution in [0.2, 0.25) is 0 Å². The number of phenols is 1. The summed E-state index contributed by atoms with van der Waals surface area (Å²) in [5, 5.41) is 21.8. The van der Waals surface area contributed by atoms with E-state index in [1.165, 1.54) is 0 Å². The molecule has 0 aliphatic heterocycles. The first-order chi connectivity index (χ1) is 6.60. The van der Waals surface area contributed by atoms with Crippen molar-refractivity contribution in [3.8, 4) is 5.75 Å². The Kier molecular flexibility index (Phi) is 3.92. The molecule has 1 aromatic rings. The van der Waals surface area contributed by atoms with Gasteiger partial charge >= 0.3 is 0 Å². The third-order valence-electron chi connectivity index (χ3n) is 2.20. The molecule has 4 heteroatoms. The molecule has 0 saturated carbocycles. The number of likely N-dealkylation sites (N-methyl/N-ethyl adjacent to an activating group) is 1. The van der Waals surface area contributed by atoms with E-state index in [9.17, 15) is 5.11 Å². The number of halogens is 1. The highest BCUT2D eigenvalue weighted by atomic mass is 79.9. The van der Waals surface area contributed by atoms with E-state index in [4.69, 9.17) is 5.11 Å². The fourth-order valence-electron chi connectivity index (χ4n) is 1.37. The van der Waals surface area contributed by atoms with E-state index in [-0.39, 0.29) is 18.4 Å². The molecule has 0 fully saturated rings. The maximum Gasteiger partial charge on any atom is 0.123 e. The molecule has 1 unspecified atom stereocenters. The molecular weight excluding hydrogens is 246 g/mol. The van der Waals surface area contributed by atoms with Crippen LogP contribution in [0.15, 0.2) is 16.6 Å². The Labute approximate surface area is 91.9 Å². The average Bonchev–Trinajstić information content (AvgIpc) is 2.15. The second-order valence-corrected chi connectivity index (χ2v) is 4.10. The second kappa shape index (κ2) is 4.77. The van der Waals surface area contributed by atoms with Crippen LogP contribution in [0.3, 0.4) is 0 Å². The first-order valence-electron chi connectivity index (χ1n) is 4.37. The van der Waals surface area contributed by atoms with E-state index < -0.39 is 0 Å². The van der Waals surface area contributed by atoms with Gasteiger partial charge < -0.3 is 15.5 Å². The summed E-state index contributed by atoms with van der Waals surface area (Å²) in [5.41, 5.74) is 1.50. The van der Waals surface area contributed by atoms with Crippen molar-refractivity contribution >= 4 is 15.9 Å². The molecule has 0 amide bonds. The molecule has 0 aliphatic carbocycles. The van der Waals surface area contributed by atoms with Gasteiger partial charge in [-0.25, -0.2) is 0 Å². The van der Waals surface area contributed by atoms with Gasteiger partial charge in [-0.3, -0.25) is 0 Å². The lowest BCUT2D eigenvalue weighted by Crippen LogP contribution is -2.20. The lowest BCUT2D eigenvalue weighted by atomic mass is 10.0. The van der Waals surface area contributed by atoms with Gasteiger partial charge in [0, 0.05) is 10.0 Å². The minimum absolute atomic E-state index is 0.0417. The van der Waals surface area contributed by atoms with Crippen LogP contribution in [-0.2, 0) is 0 Å². The predicted octanol–water partition coefficient (Wildman–Crippen LogP) is 1.72. The molecule has 3 nitrogen and oxygen atoms in total. The molecular formula is C10H14BrNO2. The number of benzene rings is 1. The number of aliphatic hydroxyl groups excluding tert-OH is 1. The van der Waals surface area contributed by atoms with Crippen LogP contribution in [0, 0.1) is 6.92 Å². The van der Waals surface area contributed by atoms with Gasteiger partial charge in [0.1, 0.15) is 5.75 Å². The predicted molar refractivity (Wildman–Crippen MR) is 59.4 cm³/mol. The van der Waals surface area contributed by atoms with E-state index in [1.807, 2.05) is 13.0 Å². The molecule has 1 rings (SSSR count). The smallest absolute Gasteiger partial charge is 0.123 e. The molecule has 0 heterocycles. The average molecular weight is 260 g/mol.